The van der Waals surface area contributed by atoms with Gasteiger partial charge in [0.15, 0.2) is 10.8 Å². The van der Waals surface area contributed by atoms with Crippen LogP contribution in [0.25, 0.3) is 5.65 Å². The molecule has 8 nitrogen and oxygen atoms in total. The van der Waals surface area contributed by atoms with Crippen LogP contribution in [0.5, 0.6) is 0 Å². The molecule has 4 rings (SSSR count). The molecule has 126 valence electrons. The monoisotopic (exact) mass is 344 g/mol. The second-order valence-electron chi connectivity index (χ2n) is 6.23. The zero-order valence-electron chi connectivity index (χ0n) is 13.8. The van der Waals surface area contributed by atoms with E-state index in [1.807, 2.05) is 37.3 Å². The fourth-order valence-electron chi connectivity index (χ4n) is 2.76. The second-order valence-corrected chi connectivity index (χ2v) is 7.32. The first-order valence-electron chi connectivity index (χ1n) is 7.94. The Bertz CT molecular complexity index is 820. The molecule has 1 N–H and O–H groups in total. The molecule has 0 atom stereocenters. The molecule has 1 saturated heterocycles. The van der Waals surface area contributed by atoms with Crippen LogP contribution < -0.4 is 15.1 Å². The Morgan fingerprint density at radius 3 is 3.00 bits per heavy atom. The van der Waals surface area contributed by atoms with E-state index >= 15 is 0 Å². The average Bonchev–Trinajstić information content (AvgIpc) is 3.17. The van der Waals surface area contributed by atoms with Gasteiger partial charge in [0, 0.05) is 57.3 Å². The molecule has 1 fully saturated rings. The first kappa shape index (κ1) is 15.3. The molecule has 9 heteroatoms. The molecule has 1 aliphatic heterocycles. The van der Waals surface area contributed by atoms with Gasteiger partial charge in [-0.2, -0.15) is 4.52 Å². The number of thiazole rings is 1. The van der Waals surface area contributed by atoms with E-state index in [9.17, 15) is 0 Å². The zero-order valence-corrected chi connectivity index (χ0v) is 14.6. The quantitative estimate of drug-likeness (QED) is 0.711. The van der Waals surface area contributed by atoms with E-state index < -0.39 is 0 Å². The van der Waals surface area contributed by atoms with Crippen molar-refractivity contribution in [3.8, 4) is 0 Å². The van der Waals surface area contributed by atoms with Crippen molar-refractivity contribution in [2.24, 2.45) is 5.92 Å². The SMILES string of the molecule is CN(C)c1ncc(CNCC2CN(c3ccc4nncn4n3)C2)s1. The molecule has 0 saturated carbocycles. The number of nitrogens with one attached hydrogen (secondary N) is 1. The summed E-state index contributed by atoms with van der Waals surface area (Å²) in [7, 11) is 4.04. The summed E-state index contributed by atoms with van der Waals surface area (Å²) < 4.78 is 1.72. The molecule has 0 aliphatic carbocycles. The topological polar surface area (TPSA) is 74.5 Å². The Morgan fingerprint density at radius 2 is 2.21 bits per heavy atom. The van der Waals surface area contributed by atoms with Gasteiger partial charge in [-0.05, 0) is 12.1 Å². The number of nitrogens with zero attached hydrogens (tertiary/aromatic N) is 7. The highest BCUT2D eigenvalue weighted by molar-refractivity contribution is 7.15. The number of hydrogen-bond acceptors (Lipinski definition) is 8. The van der Waals surface area contributed by atoms with Crippen LogP contribution in [0.15, 0.2) is 24.7 Å². The van der Waals surface area contributed by atoms with Gasteiger partial charge in [-0.1, -0.05) is 0 Å². The lowest BCUT2D eigenvalue weighted by Gasteiger charge is -2.40. The third-order valence-corrected chi connectivity index (χ3v) is 5.25. The van der Waals surface area contributed by atoms with E-state index in [2.05, 4.69) is 30.5 Å². The van der Waals surface area contributed by atoms with Crippen molar-refractivity contribution in [2.45, 2.75) is 6.54 Å². The maximum atomic E-state index is 4.52. The third kappa shape index (κ3) is 3.04. The number of anilines is 2. The molecular weight excluding hydrogens is 324 g/mol. The second kappa shape index (κ2) is 6.33. The van der Waals surface area contributed by atoms with E-state index in [0.717, 1.165) is 42.8 Å². The molecule has 3 aromatic rings. The highest BCUT2D eigenvalue weighted by Gasteiger charge is 2.27. The first-order valence-corrected chi connectivity index (χ1v) is 8.75. The van der Waals surface area contributed by atoms with Crippen molar-refractivity contribution < 1.29 is 0 Å². The molecule has 0 radical (unpaired) electrons. The van der Waals surface area contributed by atoms with Gasteiger partial charge in [-0.25, -0.2) is 4.98 Å². The molecule has 0 unspecified atom stereocenters. The minimum atomic E-state index is 0.657. The van der Waals surface area contributed by atoms with Crippen LogP contribution in [-0.4, -0.2) is 58.5 Å². The fourth-order valence-corrected chi connectivity index (χ4v) is 3.56. The van der Waals surface area contributed by atoms with Gasteiger partial charge in [0.05, 0.1) is 0 Å². The zero-order chi connectivity index (χ0) is 16.5. The molecular formula is C15H20N8S. The van der Waals surface area contributed by atoms with Gasteiger partial charge in [0.2, 0.25) is 0 Å². The standard InChI is InChI=1S/C15H20N8S/c1-21(2)15-17-7-12(24-15)6-16-5-11-8-22(9-11)14-4-3-13-19-18-10-23(13)20-14/h3-4,7,10-11,16H,5-6,8-9H2,1-2H3. The lowest BCUT2D eigenvalue weighted by atomic mass is 10.0. The summed E-state index contributed by atoms with van der Waals surface area (Å²) in [5.41, 5.74) is 0.777. The van der Waals surface area contributed by atoms with Gasteiger partial charge in [-0.15, -0.1) is 26.6 Å². The molecule has 3 aromatic heterocycles. The van der Waals surface area contributed by atoms with E-state index in [-0.39, 0.29) is 0 Å². The molecule has 24 heavy (non-hydrogen) atoms. The fraction of sp³-hybridized carbons (Fsp3) is 0.467. The van der Waals surface area contributed by atoms with Crippen molar-refractivity contribution in [2.75, 3.05) is 43.5 Å². The van der Waals surface area contributed by atoms with Crippen molar-refractivity contribution in [1.82, 2.24) is 30.1 Å². The highest BCUT2D eigenvalue weighted by atomic mass is 32.1. The number of aromatic nitrogens is 5. The van der Waals surface area contributed by atoms with Gasteiger partial charge < -0.3 is 15.1 Å². The summed E-state index contributed by atoms with van der Waals surface area (Å²) in [4.78, 5) is 9.99. The summed E-state index contributed by atoms with van der Waals surface area (Å²) in [6.45, 7) is 3.95. The Morgan fingerprint density at radius 1 is 1.33 bits per heavy atom. The van der Waals surface area contributed by atoms with Crippen LogP contribution >= 0.6 is 11.3 Å². The Kier molecular flexibility index (Phi) is 4.03. The lowest BCUT2D eigenvalue weighted by Crippen LogP contribution is -2.51. The molecule has 4 heterocycles. The average molecular weight is 344 g/mol. The highest BCUT2D eigenvalue weighted by Crippen LogP contribution is 2.23. The summed E-state index contributed by atoms with van der Waals surface area (Å²) in [6, 6.07) is 3.96. The van der Waals surface area contributed by atoms with Gasteiger partial charge in [0.1, 0.15) is 12.1 Å². The predicted octanol–water partition coefficient (Wildman–Crippen LogP) is 0.873. The maximum Gasteiger partial charge on any atom is 0.185 e. The largest absolute Gasteiger partial charge is 0.354 e. The normalized spacial score (nSPS) is 15.0. The van der Waals surface area contributed by atoms with E-state index in [4.69, 9.17) is 0 Å². The molecule has 1 aliphatic rings. The summed E-state index contributed by atoms with van der Waals surface area (Å²) in [6.07, 6.45) is 3.59. The van der Waals surface area contributed by atoms with Crippen molar-refractivity contribution in [1.29, 1.82) is 0 Å². The Labute approximate surface area is 144 Å². The van der Waals surface area contributed by atoms with Gasteiger partial charge >= 0.3 is 0 Å². The van der Waals surface area contributed by atoms with Crippen molar-refractivity contribution in [3.05, 3.63) is 29.5 Å². The van der Waals surface area contributed by atoms with E-state index in [1.165, 1.54) is 4.88 Å². The maximum absolute atomic E-state index is 4.52. The van der Waals surface area contributed by atoms with Gasteiger partial charge in [-0.3, -0.25) is 0 Å². The van der Waals surface area contributed by atoms with Gasteiger partial charge in [0.25, 0.3) is 0 Å². The number of rotatable bonds is 6. The number of fused-ring (bicyclic) bond motifs is 1. The molecule has 0 bridgehead atoms. The molecule has 0 spiro atoms. The van der Waals surface area contributed by atoms with Crippen LogP contribution in [0.4, 0.5) is 10.9 Å². The summed E-state index contributed by atoms with van der Waals surface area (Å²) in [5, 5.41) is 16.9. The predicted molar refractivity (Wildman–Crippen MR) is 94.6 cm³/mol. The van der Waals surface area contributed by atoms with Crippen molar-refractivity contribution in [3.63, 3.8) is 0 Å². The summed E-state index contributed by atoms with van der Waals surface area (Å²) in [5.74, 6) is 1.64. The minimum Gasteiger partial charge on any atom is -0.354 e. The lowest BCUT2D eigenvalue weighted by molar-refractivity contribution is 0.381. The smallest absolute Gasteiger partial charge is 0.185 e. The molecule has 0 aromatic carbocycles. The third-order valence-electron chi connectivity index (χ3n) is 4.08. The van der Waals surface area contributed by atoms with Crippen LogP contribution in [-0.2, 0) is 6.54 Å². The van der Waals surface area contributed by atoms with E-state index in [0.29, 0.717) is 5.92 Å². The van der Waals surface area contributed by atoms with Crippen molar-refractivity contribution >= 4 is 27.9 Å². The Hall–Kier alpha value is -2.26. The van der Waals surface area contributed by atoms with Crippen LogP contribution in [0.2, 0.25) is 0 Å². The van der Waals surface area contributed by atoms with Crippen LogP contribution in [0, 0.1) is 5.92 Å². The van der Waals surface area contributed by atoms with E-state index in [1.54, 1.807) is 22.2 Å². The van der Waals surface area contributed by atoms with Crippen LogP contribution in [0.3, 0.4) is 0 Å². The Balaban J connectivity index is 1.24. The minimum absolute atomic E-state index is 0.657. The summed E-state index contributed by atoms with van der Waals surface area (Å²) >= 11 is 1.73. The number of hydrogen-bond donors (Lipinski definition) is 1. The first-order chi connectivity index (χ1) is 11.7. The molecule has 0 amide bonds. The van der Waals surface area contributed by atoms with Crippen LogP contribution in [0.1, 0.15) is 4.88 Å².